The molecule has 1 aliphatic rings. The molecule has 0 amide bonds. The lowest BCUT2D eigenvalue weighted by atomic mass is 10.3. The summed E-state index contributed by atoms with van der Waals surface area (Å²) in [4.78, 5) is 13.3. The van der Waals surface area contributed by atoms with Gasteiger partial charge in [-0.1, -0.05) is 0 Å². The summed E-state index contributed by atoms with van der Waals surface area (Å²) < 4.78 is 8.22. The number of hydrogen-bond donors (Lipinski definition) is 0. The highest BCUT2D eigenvalue weighted by atomic mass is 16.5. The van der Waals surface area contributed by atoms with E-state index in [0.717, 1.165) is 49.9 Å². The van der Waals surface area contributed by atoms with Gasteiger partial charge in [0.25, 0.3) is 0 Å². The smallest absolute Gasteiger partial charge is 0.123 e. The molecule has 124 valence electrons. The van der Waals surface area contributed by atoms with Crippen molar-refractivity contribution in [1.82, 2.24) is 24.3 Å². The van der Waals surface area contributed by atoms with Gasteiger partial charge in [0.1, 0.15) is 17.7 Å². The molecule has 6 nitrogen and oxygen atoms in total. The van der Waals surface area contributed by atoms with E-state index in [9.17, 15) is 0 Å². The second kappa shape index (κ2) is 7.10. The first-order chi connectivity index (χ1) is 11.1. The number of nitrogens with zero attached hydrogens (tertiary/aromatic N) is 5. The molecule has 3 rings (SSSR count). The van der Waals surface area contributed by atoms with Crippen molar-refractivity contribution in [3.63, 3.8) is 0 Å². The van der Waals surface area contributed by atoms with E-state index in [2.05, 4.69) is 24.3 Å². The summed E-state index contributed by atoms with van der Waals surface area (Å²) >= 11 is 0. The van der Waals surface area contributed by atoms with Crippen LogP contribution in [0.3, 0.4) is 0 Å². The molecule has 0 aliphatic carbocycles. The zero-order valence-corrected chi connectivity index (χ0v) is 14.1. The Kier molecular flexibility index (Phi) is 4.93. The number of rotatable bonds is 6. The number of imidazole rings is 1. The van der Waals surface area contributed by atoms with Crippen LogP contribution < -0.4 is 4.74 Å². The van der Waals surface area contributed by atoms with Crippen LogP contribution in [0, 0.1) is 0 Å². The summed E-state index contributed by atoms with van der Waals surface area (Å²) in [5, 5.41) is 0. The van der Waals surface area contributed by atoms with Crippen molar-refractivity contribution in [3.8, 4) is 5.75 Å². The highest BCUT2D eigenvalue weighted by molar-refractivity contribution is 5.23. The van der Waals surface area contributed by atoms with Gasteiger partial charge in [0.05, 0.1) is 12.2 Å². The van der Waals surface area contributed by atoms with Crippen molar-refractivity contribution in [1.29, 1.82) is 0 Å². The van der Waals surface area contributed by atoms with Gasteiger partial charge in [-0.15, -0.1) is 0 Å². The van der Waals surface area contributed by atoms with Gasteiger partial charge in [-0.05, 0) is 26.6 Å². The molecule has 3 heterocycles. The van der Waals surface area contributed by atoms with Crippen LogP contribution in [0.5, 0.6) is 5.75 Å². The Morgan fingerprint density at radius 1 is 1.30 bits per heavy atom. The van der Waals surface area contributed by atoms with Crippen LogP contribution in [0.2, 0.25) is 0 Å². The minimum atomic E-state index is 0.241. The van der Waals surface area contributed by atoms with Gasteiger partial charge in [0, 0.05) is 51.3 Å². The highest BCUT2D eigenvalue weighted by Crippen LogP contribution is 2.20. The average Bonchev–Trinajstić information content (AvgIpc) is 3.09. The maximum atomic E-state index is 6.15. The van der Waals surface area contributed by atoms with Crippen LogP contribution in [-0.4, -0.2) is 57.6 Å². The fraction of sp³-hybridized carbons (Fsp3) is 0.529. The summed E-state index contributed by atoms with van der Waals surface area (Å²) in [5.41, 5.74) is 1.04. The molecule has 0 bridgehead atoms. The molecule has 2 aromatic heterocycles. The molecule has 0 radical (unpaired) electrons. The third-order valence-corrected chi connectivity index (χ3v) is 4.08. The Hall–Kier alpha value is -1.92. The lowest BCUT2D eigenvalue weighted by molar-refractivity contribution is 0.196. The second-order valence-corrected chi connectivity index (χ2v) is 6.44. The number of likely N-dealkylation sites (tertiary alicyclic amines) is 1. The van der Waals surface area contributed by atoms with E-state index in [1.165, 1.54) is 0 Å². The van der Waals surface area contributed by atoms with Gasteiger partial charge < -0.3 is 14.2 Å². The van der Waals surface area contributed by atoms with Crippen LogP contribution in [0.15, 0.2) is 30.7 Å². The zero-order chi connectivity index (χ0) is 16.2. The first kappa shape index (κ1) is 16.0. The summed E-state index contributed by atoms with van der Waals surface area (Å²) in [6.45, 7) is 3.70. The minimum absolute atomic E-state index is 0.241. The predicted octanol–water partition coefficient (Wildman–Crippen LogP) is 1.53. The summed E-state index contributed by atoms with van der Waals surface area (Å²) in [6.07, 6.45) is 6.96. The van der Waals surface area contributed by atoms with E-state index in [4.69, 9.17) is 4.74 Å². The largest absolute Gasteiger partial charge is 0.489 e. The number of aryl methyl sites for hydroxylation is 1. The van der Waals surface area contributed by atoms with Crippen molar-refractivity contribution < 1.29 is 4.74 Å². The molecule has 0 spiro atoms. The van der Waals surface area contributed by atoms with Crippen LogP contribution in [0.25, 0.3) is 0 Å². The zero-order valence-electron chi connectivity index (χ0n) is 14.1. The molecule has 1 saturated heterocycles. The molecule has 1 aliphatic heterocycles. The van der Waals surface area contributed by atoms with Crippen molar-refractivity contribution >= 4 is 0 Å². The second-order valence-electron chi connectivity index (χ2n) is 6.44. The third-order valence-electron chi connectivity index (χ3n) is 4.08. The van der Waals surface area contributed by atoms with E-state index >= 15 is 0 Å². The molecular formula is C17H25N5O. The van der Waals surface area contributed by atoms with Crippen molar-refractivity contribution in [2.75, 3.05) is 27.2 Å². The highest BCUT2D eigenvalue weighted by Gasteiger charge is 2.24. The molecule has 1 unspecified atom stereocenters. The van der Waals surface area contributed by atoms with Gasteiger partial charge in [0.2, 0.25) is 0 Å². The first-order valence-corrected chi connectivity index (χ1v) is 8.05. The molecule has 0 saturated carbocycles. The van der Waals surface area contributed by atoms with Crippen molar-refractivity contribution in [3.05, 3.63) is 42.2 Å². The van der Waals surface area contributed by atoms with Crippen LogP contribution in [0.1, 0.15) is 17.9 Å². The average molecular weight is 315 g/mol. The summed E-state index contributed by atoms with van der Waals surface area (Å²) in [7, 11) is 6.12. The molecule has 0 aromatic carbocycles. The maximum absolute atomic E-state index is 6.15. The molecule has 1 atom stereocenters. The standard InChI is InChI=1S/C17H25N5O/c1-20(2)11-14-10-15(4-6-18-14)23-16-5-8-22(12-16)13-17-19-7-9-21(17)3/h4,6-7,9-10,16H,5,8,11-13H2,1-3H3. The van der Waals surface area contributed by atoms with E-state index in [1.807, 2.05) is 51.9 Å². The normalized spacial score (nSPS) is 18.7. The van der Waals surface area contributed by atoms with Gasteiger partial charge in [-0.2, -0.15) is 0 Å². The lowest BCUT2D eigenvalue weighted by Gasteiger charge is -2.17. The van der Waals surface area contributed by atoms with E-state index < -0.39 is 0 Å². The quantitative estimate of drug-likeness (QED) is 0.809. The number of aromatic nitrogens is 3. The number of pyridine rings is 1. The molecule has 2 aromatic rings. The topological polar surface area (TPSA) is 46.4 Å². The lowest BCUT2D eigenvalue weighted by Crippen LogP contribution is -2.25. The minimum Gasteiger partial charge on any atom is -0.489 e. The van der Waals surface area contributed by atoms with Gasteiger partial charge in [-0.25, -0.2) is 4.98 Å². The fourth-order valence-electron chi connectivity index (χ4n) is 2.92. The SMILES string of the molecule is CN(C)Cc1cc(OC2CCN(Cc3nccn3C)C2)ccn1. The van der Waals surface area contributed by atoms with E-state index in [0.29, 0.717) is 0 Å². The summed E-state index contributed by atoms with van der Waals surface area (Å²) in [5.74, 6) is 2.02. The molecule has 6 heteroatoms. The number of ether oxygens (including phenoxy) is 1. The van der Waals surface area contributed by atoms with Crippen molar-refractivity contribution in [2.24, 2.45) is 7.05 Å². The third kappa shape index (κ3) is 4.30. The Labute approximate surface area is 137 Å². The van der Waals surface area contributed by atoms with Crippen LogP contribution in [-0.2, 0) is 20.1 Å². The van der Waals surface area contributed by atoms with Crippen LogP contribution >= 0.6 is 0 Å². The Balaban J connectivity index is 1.54. The first-order valence-electron chi connectivity index (χ1n) is 8.05. The Morgan fingerprint density at radius 2 is 2.17 bits per heavy atom. The molecule has 23 heavy (non-hydrogen) atoms. The van der Waals surface area contributed by atoms with Gasteiger partial charge >= 0.3 is 0 Å². The Bertz CT molecular complexity index is 639. The van der Waals surface area contributed by atoms with E-state index in [-0.39, 0.29) is 6.10 Å². The molecular weight excluding hydrogens is 290 g/mol. The van der Waals surface area contributed by atoms with Gasteiger partial charge in [-0.3, -0.25) is 9.88 Å². The van der Waals surface area contributed by atoms with Gasteiger partial charge in [0.15, 0.2) is 0 Å². The Morgan fingerprint density at radius 3 is 2.91 bits per heavy atom. The summed E-state index contributed by atoms with van der Waals surface area (Å²) in [6, 6.07) is 3.99. The molecule has 0 N–H and O–H groups in total. The van der Waals surface area contributed by atoms with Crippen molar-refractivity contribution in [2.45, 2.75) is 25.6 Å². The maximum Gasteiger partial charge on any atom is 0.123 e. The molecule has 1 fully saturated rings. The predicted molar refractivity (Wildman–Crippen MR) is 89.1 cm³/mol. The monoisotopic (exact) mass is 315 g/mol. The fourth-order valence-corrected chi connectivity index (χ4v) is 2.92. The van der Waals surface area contributed by atoms with Crippen LogP contribution in [0.4, 0.5) is 0 Å². The number of hydrogen-bond acceptors (Lipinski definition) is 5. The van der Waals surface area contributed by atoms with E-state index in [1.54, 1.807) is 0 Å².